The number of nitrogens with zero attached hydrogens (tertiary/aromatic N) is 1. The molecule has 3 rings (SSSR count). The predicted octanol–water partition coefficient (Wildman–Crippen LogP) is 5.34. The number of thioether (sulfide) groups is 1. The smallest absolute Gasteiger partial charge is 0.234 e. The number of rotatable bonds is 4. The highest BCUT2D eigenvalue weighted by Gasteiger charge is 2.08. The Kier molecular flexibility index (Phi) is 5.21. The van der Waals surface area contributed by atoms with Crippen LogP contribution in [0.25, 0.3) is 10.9 Å². The van der Waals surface area contributed by atoms with Crippen LogP contribution in [-0.4, -0.2) is 16.6 Å². The molecular formula is C19H17BrN2OS. The number of hydrogen-bond acceptors (Lipinski definition) is 3. The van der Waals surface area contributed by atoms with Crippen LogP contribution in [0.2, 0.25) is 0 Å². The molecular weight excluding hydrogens is 384 g/mol. The second kappa shape index (κ2) is 7.36. The number of carbonyl (C=O) groups excluding carboxylic acids is 1. The summed E-state index contributed by atoms with van der Waals surface area (Å²) in [5.41, 5.74) is 4.13. The second-order valence-corrected chi connectivity index (χ2v) is 7.50. The molecule has 1 aromatic heterocycles. The number of hydrogen-bond donors (Lipinski definition) is 1. The molecule has 0 radical (unpaired) electrons. The third kappa shape index (κ3) is 3.97. The number of para-hydroxylation sites is 1. The molecule has 0 unspecified atom stereocenters. The number of anilines is 1. The fraction of sp³-hybridized carbons (Fsp3) is 0.158. The fourth-order valence-electron chi connectivity index (χ4n) is 2.47. The highest BCUT2D eigenvalue weighted by atomic mass is 79.9. The van der Waals surface area contributed by atoms with Crippen molar-refractivity contribution in [1.82, 2.24) is 4.98 Å². The first kappa shape index (κ1) is 17.0. The molecule has 1 heterocycles. The standard InChI is InChI=1S/C19H17BrN2OS/c1-12-4-3-5-16-13(2)10-18(22-19(12)16)24-11-17(23)21-15-8-6-14(20)7-9-15/h3-10H,11H2,1-2H3,(H,21,23). The number of aryl methyl sites for hydroxylation is 2. The lowest BCUT2D eigenvalue weighted by atomic mass is 10.1. The predicted molar refractivity (Wildman–Crippen MR) is 105 cm³/mol. The van der Waals surface area contributed by atoms with Crippen LogP contribution in [0.4, 0.5) is 5.69 Å². The van der Waals surface area contributed by atoms with Gasteiger partial charge in [0.25, 0.3) is 0 Å². The van der Waals surface area contributed by atoms with Gasteiger partial charge in [-0.1, -0.05) is 45.9 Å². The van der Waals surface area contributed by atoms with Crippen molar-refractivity contribution in [3.63, 3.8) is 0 Å². The number of halogens is 1. The van der Waals surface area contributed by atoms with Crippen LogP contribution >= 0.6 is 27.7 Å². The first-order valence-corrected chi connectivity index (χ1v) is 9.36. The summed E-state index contributed by atoms with van der Waals surface area (Å²) in [5, 5.41) is 4.93. The quantitative estimate of drug-likeness (QED) is 0.600. The SMILES string of the molecule is Cc1cc(SCC(=O)Nc2ccc(Br)cc2)nc2c(C)cccc12. The van der Waals surface area contributed by atoms with Crippen LogP contribution in [0, 0.1) is 13.8 Å². The molecule has 1 N–H and O–H groups in total. The fourth-order valence-corrected chi connectivity index (χ4v) is 3.51. The molecule has 0 saturated heterocycles. The minimum Gasteiger partial charge on any atom is -0.325 e. The lowest BCUT2D eigenvalue weighted by Crippen LogP contribution is -2.14. The van der Waals surface area contributed by atoms with Gasteiger partial charge in [0, 0.05) is 15.5 Å². The lowest BCUT2D eigenvalue weighted by Gasteiger charge is -2.09. The maximum atomic E-state index is 12.1. The summed E-state index contributed by atoms with van der Waals surface area (Å²) in [6.45, 7) is 4.14. The summed E-state index contributed by atoms with van der Waals surface area (Å²) in [6.07, 6.45) is 0. The molecule has 0 saturated carbocycles. The van der Waals surface area contributed by atoms with Gasteiger partial charge < -0.3 is 5.32 Å². The van der Waals surface area contributed by atoms with Gasteiger partial charge in [0.15, 0.2) is 0 Å². The molecule has 0 aliphatic heterocycles. The number of nitrogens with one attached hydrogen (secondary N) is 1. The maximum Gasteiger partial charge on any atom is 0.234 e. The molecule has 0 atom stereocenters. The van der Waals surface area contributed by atoms with Crippen molar-refractivity contribution in [2.75, 3.05) is 11.1 Å². The zero-order valence-corrected chi connectivity index (χ0v) is 15.9. The van der Waals surface area contributed by atoms with E-state index in [9.17, 15) is 4.79 Å². The average molecular weight is 401 g/mol. The van der Waals surface area contributed by atoms with Crippen LogP contribution in [0.15, 0.2) is 58.0 Å². The molecule has 122 valence electrons. The van der Waals surface area contributed by atoms with E-state index < -0.39 is 0 Å². The van der Waals surface area contributed by atoms with Crippen LogP contribution in [0.1, 0.15) is 11.1 Å². The van der Waals surface area contributed by atoms with Crippen molar-refractivity contribution in [1.29, 1.82) is 0 Å². The number of amides is 1. The Morgan fingerprint density at radius 2 is 1.88 bits per heavy atom. The zero-order valence-electron chi connectivity index (χ0n) is 13.5. The van der Waals surface area contributed by atoms with Gasteiger partial charge in [-0.2, -0.15) is 0 Å². The van der Waals surface area contributed by atoms with E-state index >= 15 is 0 Å². The van der Waals surface area contributed by atoms with Crippen LogP contribution < -0.4 is 5.32 Å². The average Bonchev–Trinajstić information content (AvgIpc) is 2.56. The minimum absolute atomic E-state index is 0.0355. The van der Waals surface area contributed by atoms with Crippen LogP contribution in [-0.2, 0) is 4.79 Å². The Balaban J connectivity index is 1.70. The molecule has 0 spiro atoms. The van der Waals surface area contributed by atoms with E-state index in [1.807, 2.05) is 36.4 Å². The summed E-state index contributed by atoms with van der Waals surface area (Å²) >= 11 is 4.84. The number of benzene rings is 2. The largest absolute Gasteiger partial charge is 0.325 e. The van der Waals surface area contributed by atoms with Gasteiger partial charge in [-0.05, 0) is 55.3 Å². The summed E-state index contributed by atoms with van der Waals surface area (Å²) < 4.78 is 0.987. The van der Waals surface area contributed by atoms with E-state index in [2.05, 4.69) is 47.2 Å². The minimum atomic E-state index is -0.0355. The first-order chi connectivity index (χ1) is 11.5. The van der Waals surface area contributed by atoms with Gasteiger partial charge in [-0.25, -0.2) is 4.98 Å². The highest BCUT2D eigenvalue weighted by Crippen LogP contribution is 2.25. The van der Waals surface area contributed by atoms with Crippen molar-refractivity contribution in [2.24, 2.45) is 0 Å². The Hall–Kier alpha value is -1.85. The maximum absolute atomic E-state index is 12.1. The molecule has 2 aromatic carbocycles. The zero-order chi connectivity index (χ0) is 17.1. The van der Waals surface area contributed by atoms with E-state index in [4.69, 9.17) is 4.98 Å². The topological polar surface area (TPSA) is 42.0 Å². The summed E-state index contributed by atoms with van der Waals surface area (Å²) in [7, 11) is 0. The van der Waals surface area contributed by atoms with Gasteiger partial charge in [-0.3, -0.25) is 4.79 Å². The van der Waals surface area contributed by atoms with Gasteiger partial charge in [0.2, 0.25) is 5.91 Å². The van der Waals surface area contributed by atoms with Crippen molar-refractivity contribution < 1.29 is 4.79 Å². The Morgan fingerprint density at radius 3 is 2.62 bits per heavy atom. The van der Waals surface area contributed by atoms with Crippen molar-refractivity contribution in [3.8, 4) is 0 Å². The van der Waals surface area contributed by atoms with E-state index in [0.29, 0.717) is 5.75 Å². The molecule has 3 aromatic rings. The Bertz CT molecular complexity index is 894. The molecule has 3 nitrogen and oxygen atoms in total. The monoisotopic (exact) mass is 400 g/mol. The molecule has 24 heavy (non-hydrogen) atoms. The van der Waals surface area contributed by atoms with Crippen molar-refractivity contribution >= 4 is 50.2 Å². The molecule has 5 heteroatoms. The molecule has 0 fully saturated rings. The summed E-state index contributed by atoms with van der Waals surface area (Å²) in [6, 6.07) is 15.8. The van der Waals surface area contributed by atoms with Crippen LogP contribution in [0.3, 0.4) is 0 Å². The summed E-state index contributed by atoms with van der Waals surface area (Å²) in [4.78, 5) is 16.8. The van der Waals surface area contributed by atoms with E-state index in [0.717, 1.165) is 26.3 Å². The molecule has 1 amide bonds. The second-order valence-electron chi connectivity index (χ2n) is 5.59. The third-order valence-corrected chi connectivity index (χ3v) is 5.14. The van der Waals surface area contributed by atoms with E-state index in [1.165, 1.54) is 22.7 Å². The molecule has 0 aliphatic carbocycles. The summed E-state index contributed by atoms with van der Waals surface area (Å²) in [5.74, 6) is 0.298. The third-order valence-electron chi connectivity index (χ3n) is 3.70. The number of pyridine rings is 1. The van der Waals surface area contributed by atoms with Crippen molar-refractivity contribution in [2.45, 2.75) is 18.9 Å². The van der Waals surface area contributed by atoms with Gasteiger partial charge in [0.1, 0.15) is 0 Å². The first-order valence-electron chi connectivity index (χ1n) is 7.58. The van der Waals surface area contributed by atoms with Gasteiger partial charge >= 0.3 is 0 Å². The lowest BCUT2D eigenvalue weighted by molar-refractivity contribution is -0.113. The molecule has 0 bridgehead atoms. The number of fused-ring (bicyclic) bond motifs is 1. The highest BCUT2D eigenvalue weighted by molar-refractivity contribution is 9.10. The molecule has 0 aliphatic rings. The Morgan fingerprint density at radius 1 is 1.12 bits per heavy atom. The van der Waals surface area contributed by atoms with Gasteiger partial charge in [0.05, 0.1) is 16.3 Å². The van der Waals surface area contributed by atoms with Crippen molar-refractivity contribution in [3.05, 3.63) is 64.1 Å². The van der Waals surface area contributed by atoms with Crippen LogP contribution in [0.5, 0.6) is 0 Å². The van der Waals surface area contributed by atoms with E-state index in [-0.39, 0.29) is 5.91 Å². The normalized spacial score (nSPS) is 10.8. The number of carbonyl (C=O) groups is 1. The van der Waals surface area contributed by atoms with E-state index in [1.54, 1.807) is 0 Å². The van der Waals surface area contributed by atoms with Gasteiger partial charge in [-0.15, -0.1) is 0 Å². The number of aromatic nitrogens is 1. The Labute approximate surface area is 154 Å².